The minimum Gasteiger partial charge on any atom is -1.00 e. The molecular formula is C3H6O4Sr. The van der Waals surface area contributed by atoms with E-state index in [2.05, 4.69) is 0 Å². The first-order valence-corrected chi connectivity index (χ1v) is 1.56. The summed E-state index contributed by atoms with van der Waals surface area (Å²) in [7, 11) is 0. The van der Waals surface area contributed by atoms with Gasteiger partial charge in [-0.05, 0) is 0 Å². The van der Waals surface area contributed by atoms with Crippen molar-refractivity contribution in [1.29, 1.82) is 0 Å². The second-order valence-electron chi connectivity index (χ2n) is 0.964. The molecule has 2 N–H and O–H groups in total. The van der Waals surface area contributed by atoms with Crippen LogP contribution in [0.3, 0.4) is 0 Å². The van der Waals surface area contributed by atoms with Crippen molar-refractivity contribution in [1.82, 2.24) is 0 Å². The smallest absolute Gasteiger partial charge is 1.00 e. The fraction of sp³-hybridized carbons (Fsp3) is 0.333. The van der Waals surface area contributed by atoms with E-state index in [1.165, 1.54) is 0 Å². The van der Waals surface area contributed by atoms with Crippen LogP contribution in [-0.4, -0.2) is 67.6 Å². The van der Waals surface area contributed by atoms with Gasteiger partial charge in [-0.15, -0.1) is 0 Å². The Hall–Kier alpha value is 0.421. The second kappa shape index (κ2) is 5.56. The van der Waals surface area contributed by atoms with Crippen molar-refractivity contribution in [2.45, 2.75) is 6.42 Å². The molecule has 0 aliphatic heterocycles. The van der Waals surface area contributed by atoms with Gasteiger partial charge < -0.3 is 13.1 Å². The standard InChI is InChI=1S/C3H4O4.Sr.2H/c4-2(5)1-3(6)7;;;/h1H2,(H,4,5)(H,6,7);;;/q;+2;2*-1. The third kappa shape index (κ3) is 9.65. The normalized spacial score (nSPS) is 7.00. The van der Waals surface area contributed by atoms with Crippen LogP contribution in [0.1, 0.15) is 9.27 Å². The Morgan fingerprint density at radius 1 is 1.25 bits per heavy atom. The Labute approximate surface area is 85.7 Å². The summed E-state index contributed by atoms with van der Waals surface area (Å²) < 4.78 is 0. The van der Waals surface area contributed by atoms with Crippen molar-refractivity contribution < 1.29 is 22.7 Å². The van der Waals surface area contributed by atoms with Gasteiger partial charge in [0.25, 0.3) is 0 Å². The van der Waals surface area contributed by atoms with E-state index in [4.69, 9.17) is 10.2 Å². The number of carboxylic acid groups (broad SMARTS) is 2. The fourth-order valence-electron chi connectivity index (χ4n) is 0.129. The first-order chi connectivity index (χ1) is 3.13. The van der Waals surface area contributed by atoms with Crippen LogP contribution in [0.15, 0.2) is 0 Å². The maximum Gasteiger partial charge on any atom is 2.00 e. The van der Waals surface area contributed by atoms with Crippen molar-refractivity contribution in [3.8, 4) is 0 Å². The predicted octanol–water partition coefficient (Wildman–Crippen LogP) is -0.610. The molecule has 0 heterocycles. The van der Waals surface area contributed by atoms with E-state index >= 15 is 0 Å². The van der Waals surface area contributed by atoms with Crippen LogP contribution in [0, 0.1) is 0 Å². The Balaban J connectivity index is -0.0000000600. The van der Waals surface area contributed by atoms with Gasteiger partial charge in [-0.1, -0.05) is 0 Å². The third-order valence-corrected chi connectivity index (χ3v) is 0.302. The van der Waals surface area contributed by atoms with Gasteiger partial charge in [-0.2, -0.15) is 0 Å². The average Bonchev–Trinajstić information content (AvgIpc) is 1.27. The van der Waals surface area contributed by atoms with Crippen molar-refractivity contribution in [2.24, 2.45) is 0 Å². The molecule has 0 rings (SSSR count). The molecule has 4 nitrogen and oxygen atoms in total. The number of carbonyl (C=O) groups is 2. The molecule has 44 valence electrons. The van der Waals surface area contributed by atoms with E-state index < -0.39 is 18.4 Å². The minimum atomic E-state index is -1.31. The molecule has 0 aromatic rings. The first kappa shape index (κ1) is 11.2. The molecule has 8 heavy (non-hydrogen) atoms. The molecule has 0 saturated heterocycles. The Morgan fingerprint density at radius 3 is 1.50 bits per heavy atom. The van der Waals surface area contributed by atoms with Crippen LogP contribution in [0.5, 0.6) is 0 Å². The summed E-state index contributed by atoms with van der Waals surface area (Å²) in [4.78, 5) is 18.9. The molecule has 0 spiro atoms. The van der Waals surface area contributed by atoms with Crippen molar-refractivity contribution in [3.05, 3.63) is 0 Å². The zero-order valence-corrected chi connectivity index (χ0v) is 7.60. The first-order valence-electron chi connectivity index (χ1n) is 1.56. The summed E-state index contributed by atoms with van der Waals surface area (Å²) >= 11 is 0. The van der Waals surface area contributed by atoms with Gasteiger partial charge in [0.2, 0.25) is 0 Å². The molecule has 0 aliphatic rings. The minimum absolute atomic E-state index is 0. The Morgan fingerprint density at radius 2 is 1.50 bits per heavy atom. The van der Waals surface area contributed by atoms with Gasteiger partial charge >= 0.3 is 57.4 Å². The van der Waals surface area contributed by atoms with Crippen molar-refractivity contribution in [3.63, 3.8) is 0 Å². The largest absolute Gasteiger partial charge is 2.00 e. The topological polar surface area (TPSA) is 74.6 Å². The number of aliphatic carboxylic acids is 2. The van der Waals surface area contributed by atoms with Gasteiger partial charge in [0.05, 0.1) is 0 Å². The van der Waals surface area contributed by atoms with Crippen LogP contribution < -0.4 is 0 Å². The Kier molecular flexibility index (Phi) is 7.81. The number of hydrogen-bond donors (Lipinski definition) is 2. The summed E-state index contributed by atoms with van der Waals surface area (Å²) in [6, 6.07) is 0. The molecule has 5 heteroatoms. The van der Waals surface area contributed by atoms with Crippen LogP contribution in [-0.2, 0) is 9.59 Å². The van der Waals surface area contributed by atoms with Gasteiger partial charge in [-0.3, -0.25) is 9.59 Å². The molecule has 0 bridgehead atoms. The second-order valence-corrected chi connectivity index (χ2v) is 0.964. The van der Waals surface area contributed by atoms with E-state index in [9.17, 15) is 9.59 Å². The average molecular weight is 194 g/mol. The van der Waals surface area contributed by atoms with Crippen LogP contribution >= 0.6 is 0 Å². The van der Waals surface area contributed by atoms with Crippen molar-refractivity contribution in [2.75, 3.05) is 0 Å². The molecule has 0 aromatic carbocycles. The summed E-state index contributed by atoms with van der Waals surface area (Å²) in [5.41, 5.74) is 0. The summed E-state index contributed by atoms with van der Waals surface area (Å²) in [5, 5.41) is 15.4. The van der Waals surface area contributed by atoms with Crippen LogP contribution in [0.4, 0.5) is 0 Å². The molecular weight excluding hydrogens is 188 g/mol. The van der Waals surface area contributed by atoms with Gasteiger partial charge in [0.15, 0.2) is 0 Å². The molecule has 0 fully saturated rings. The van der Waals surface area contributed by atoms with E-state index in [0.29, 0.717) is 0 Å². The quantitative estimate of drug-likeness (QED) is 0.453. The van der Waals surface area contributed by atoms with Crippen molar-refractivity contribution >= 4 is 57.4 Å². The molecule has 0 radical (unpaired) electrons. The maximum atomic E-state index is 9.43. The fourth-order valence-corrected chi connectivity index (χ4v) is 0.129. The SMILES string of the molecule is O=C(O)CC(=O)O.[H-].[H-].[Sr+2]. The van der Waals surface area contributed by atoms with E-state index in [1.807, 2.05) is 0 Å². The number of rotatable bonds is 2. The van der Waals surface area contributed by atoms with Gasteiger partial charge in [-0.25, -0.2) is 0 Å². The summed E-state index contributed by atoms with van der Waals surface area (Å²) in [6.07, 6.45) is -0.806. The number of carboxylic acids is 2. The van der Waals surface area contributed by atoms with Crippen LogP contribution in [0.2, 0.25) is 0 Å². The van der Waals surface area contributed by atoms with Gasteiger partial charge in [0, 0.05) is 0 Å². The molecule has 0 unspecified atom stereocenters. The van der Waals surface area contributed by atoms with E-state index in [1.54, 1.807) is 0 Å². The molecule has 0 aliphatic carbocycles. The zero-order chi connectivity index (χ0) is 5.86. The molecule has 0 amide bonds. The molecule has 0 saturated carbocycles. The third-order valence-electron chi connectivity index (χ3n) is 0.302. The predicted molar refractivity (Wildman–Crippen MR) is 27.9 cm³/mol. The summed E-state index contributed by atoms with van der Waals surface area (Å²) in [6.45, 7) is 0. The van der Waals surface area contributed by atoms with E-state index in [0.717, 1.165) is 0 Å². The Bertz CT molecular complexity index is 94.7. The molecule has 0 atom stereocenters. The van der Waals surface area contributed by atoms with Crippen LogP contribution in [0.25, 0.3) is 0 Å². The van der Waals surface area contributed by atoms with E-state index in [-0.39, 0.29) is 48.3 Å². The van der Waals surface area contributed by atoms with Gasteiger partial charge in [0.1, 0.15) is 6.42 Å². The maximum absolute atomic E-state index is 9.43. The number of hydrogen-bond acceptors (Lipinski definition) is 2. The molecule has 0 aromatic heterocycles. The monoisotopic (exact) mass is 194 g/mol. The zero-order valence-electron chi connectivity index (χ0n) is 6.13. The summed E-state index contributed by atoms with van der Waals surface area (Å²) in [5.74, 6) is -2.62.